The normalized spacial score (nSPS) is 10.8. The minimum absolute atomic E-state index is 0.142. The van der Waals surface area contributed by atoms with Crippen LogP contribution in [0.4, 0.5) is 5.69 Å². The molecule has 0 radical (unpaired) electrons. The van der Waals surface area contributed by atoms with E-state index in [1.165, 1.54) is 6.07 Å². The van der Waals surface area contributed by atoms with Crippen LogP contribution >= 0.6 is 0 Å². The van der Waals surface area contributed by atoms with Gasteiger partial charge in [-0.1, -0.05) is 12.1 Å². The summed E-state index contributed by atoms with van der Waals surface area (Å²) < 4.78 is 1.85. The number of nitro benzene ring substituents is 1. The average Bonchev–Trinajstić information content (AvgIpc) is 2.66. The van der Waals surface area contributed by atoms with E-state index in [4.69, 9.17) is 5.73 Å². The van der Waals surface area contributed by atoms with Crippen molar-refractivity contribution in [1.29, 1.82) is 0 Å². The van der Waals surface area contributed by atoms with E-state index in [1.807, 2.05) is 24.6 Å². The molecule has 106 valence electrons. The molecule has 6 heteroatoms. The lowest BCUT2D eigenvalue weighted by Gasteiger charge is -2.08. The zero-order valence-electron chi connectivity index (χ0n) is 11.9. The molecule has 0 spiro atoms. The van der Waals surface area contributed by atoms with Crippen LogP contribution in [0.25, 0.3) is 0 Å². The van der Waals surface area contributed by atoms with E-state index in [-0.39, 0.29) is 10.6 Å². The topological polar surface area (TPSA) is 87.0 Å². The molecule has 1 aromatic carbocycles. The monoisotopic (exact) mass is 274 g/mol. The minimum Gasteiger partial charge on any atom is -0.326 e. The van der Waals surface area contributed by atoms with Crippen molar-refractivity contribution < 1.29 is 4.92 Å². The summed E-state index contributed by atoms with van der Waals surface area (Å²) in [5.74, 6) is 0. The van der Waals surface area contributed by atoms with Gasteiger partial charge in [0.05, 0.1) is 17.2 Å². The summed E-state index contributed by atoms with van der Waals surface area (Å²) in [5.41, 5.74) is 10.4. The van der Waals surface area contributed by atoms with Gasteiger partial charge in [-0.15, -0.1) is 0 Å². The first-order valence-electron chi connectivity index (χ1n) is 6.41. The molecule has 6 nitrogen and oxygen atoms in total. The molecule has 1 aromatic heterocycles. The lowest BCUT2D eigenvalue weighted by molar-refractivity contribution is -0.385. The molecular formula is C14H18N4O2. The Kier molecular flexibility index (Phi) is 3.85. The summed E-state index contributed by atoms with van der Waals surface area (Å²) in [6.07, 6.45) is 0. The Hall–Kier alpha value is -2.21. The summed E-state index contributed by atoms with van der Waals surface area (Å²) >= 11 is 0. The standard InChI is InChI=1S/C14H18N4O2/c1-9-12(5-4-6-14(9)18(19)20)8-17-11(3)13(7-15)10(2)16-17/h4-6H,7-8,15H2,1-3H3. The summed E-state index contributed by atoms with van der Waals surface area (Å²) in [4.78, 5) is 10.6. The molecule has 20 heavy (non-hydrogen) atoms. The van der Waals surface area contributed by atoms with Crippen LogP contribution in [0.2, 0.25) is 0 Å². The summed E-state index contributed by atoms with van der Waals surface area (Å²) in [6, 6.07) is 5.11. The highest BCUT2D eigenvalue weighted by Crippen LogP contribution is 2.23. The number of nitro groups is 1. The molecular weight excluding hydrogens is 256 g/mol. The Balaban J connectivity index is 2.41. The summed E-state index contributed by atoms with van der Waals surface area (Å²) in [5, 5.41) is 15.4. The quantitative estimate of drug-likeness (QED) is 0.684. The van der Waals surface area contributed by atoms with Crippen LogP contribution in [0.5, 0.6) is 0 Å². The van der Waals surface area contributed by atoms with Crippen LogP contribution in [0, 0.1) is 30.9 Å². The SMILES string of the molecule is Cc1nn(Cc2cccc([N+](=O)[O-])c2C)c(C)c1CN. The molecule has 0 unspecified atom stereocenters. The first-order valence-corrected chi connectivity index (χ1v) is 6.41. The van der Waals surface area contributed by atoms with Crippen molar-refractivity contribution >= 4 is 5.69 Å². The molecule has 0 aliphatic rings. The number of benzene rings is 1. The number of aryl methyl sites for hydroxylation is 1. The number of aromatic nitrogens is 2. The van der Waals surface area contributed by atoms with Crippen molar-refractivity contribution in [2.45, 2.75) is 33.9 Å². The minimum atomic E-state index is -0.356. The van der Waals surface area contributed by atoms with Gasteiger partial charge < -0.3 is 5.73 Å². The fourth-order valence-corrected chi connectivity index (χ4v) is 2.38. The lowest BCUT2D eigenvalue weighted by atomic mass is 10.1. The lowest BCUT2D eigenvalue weighted by Crippen LogP contribution is -2.07. The predicted octanol–water partition coefficient (Wildman–Crippen LogP) is 2.22. The predicted molar refractivity (Wildman–Crippen MR) is 76.5 cm³/mol. The van der Waals surface area contributed by atoms with Crippen molar-refractivity contribution in [1.82, 2.24) is 9.78 Å². The van der Waals surface area contributed by atoms with E-state index >= 15 is 0 Å². The third kappa shape index (κ3) is 2.42. The Labute approximate surface area is 117 Å². The number of nitrogens with zero attached hydrogens (tertiary/aromatic N) is 3. The van der Waals surface area contributed by atoms with Crippen molar-refractivity contribution in [2.24, 2.45) is 5.73 Å². The largest absolute Gasteiger partial charge is 0.326 e. The molecule has 0 amide bonds. The van der Waals surface area contributed by atoms with Crippen molar-refractivity contribution in [3.63, 3.8) is 0 Å². The molecule has 1 heterocycles. The highest BCUT2D eigenvalue weighted by Gasteiger charge is 2.15. The molecule has 0 aliphatic heterocycles. The molecule has 0 atom stereocenters. The van der Waals surface area contributed by atoms with Gasteiger partial charge in [-0.2, -0.15) is 5.10 Å². The molecule has 0 saturated carbocycles. The first kappa shape index (κ1) is 14.2. The molecule has 0 fully saturated rings. The maximum absolute atomic E-state index is 11.0. The number of hydrogen-bond donors (Lipinski definition) is 1. The van der Waals surface area contributed by atoms with Crippen molar-refractivity contribution in [3.05, 3.63) is 56.4 Å². The Morgan fingerprint density at radius 2 is 2.05 bits per heavy atom. The summed E-state index contributed by atoms with van der Waals surface area (Å²) in [7, 11) is 0. The average molecular weight is 274 g/mol. The van der Waals surface area contributed by atoms with Gasteiger partial charge in [0.25, 0.3) is 5.69 Å². The number of rotatable bonds is 4. The molecule has 0 bridgehead atoms. The van der Waals surface area contributed by atoms with Crippen LogP contribution in [0.3, 0.4) is 0 Å². The van der Waals surface area contributed by atoms with E-state index in [9.17, 15) is 10.1 Å². The third-order valence-corrected chi connectivity index (χ3v) is 3.67. The zero-order valence-corrected chi connectivity index (χ0v) is 11.9. The Morgan fingerprint density at radius 3 is 2.60 bits per heavy atom. The molecule has 2 aromatic rings. The van der Waals surface area contributed by atoms with Crippen molar-refractivity contribution in [3.8, 4) is 0 Å². The van der Waals surface area contributed by atoms with E-state index < -0.39 is 0 Å². The van der Waals surface area contributed by atoms with Crippen molar-refractivity contribution in [2.75, 3.05) is 0 Å². The van der Waals surface area contributed by atoms with Crippen LogP contribution in [0.15, 0.2) is 18.2 Å². The Morgan fingerprint density at radius 1 is 1.35 bits per heavy atom. The Bertz CT molecular complexity index is 661. The fraction of sp³-hybridized carbons (Fsp3) is 0.357. The van der Waals surface area contributed by atoms with Gasteiger partial charge in [0.1, 0.15) is 0 Å². The molecule has 0 aliphatic carbocycles. The second-order valence-electron chi connectivity index (χ2n) is 4.83. The van der Waals surface area contributed by atoms with Gasteiger partial charge in [0, 0.05) is 29.4 Å². The van der Waals surface area contributed by atoms with Crippen LogP contribution < -0.4 is 5.73 Å². The molecule has 0 saturated heterocycles. The maximum Gasteiger partial charge on any atom is 0.272 e. The summed E-state index contributed by atoms with van der Waals surface area (Å²) in [6.45, 7) is 6.62. The first-order chi connectivity index (χ1) is 9.45. The third-order valence-electron chi connectivity index (χ3n) is 3.67. The smallest absolute Gasteiger partial charge is 0.272 e. The van der Waals surface area contributed by atoms with Gasteiger partial charge in [-0.3, -0.25) is 14.8 Å². The molecule has 2 N–H and O–H groups in total. The second kappa shape index (κ2) is 5.42. The highest BCUT2D eigenvalue weighted by molar-refractivity contribution is 5.44. The second-order valence-corrected chi connectivity index (χ2v) is 4.83. The zero-order chi connectivity index (χ0) is 14.9. The van der Waals surface area contributed by atoms with Crippen LogP contribution in [-0.4, -0.2) is 14.7 Å². The van der Waals surface area contributed by atoms with Crippen LogP contribution in [0.1, 0.15) is 28.1 Å². The van der Waals surface area contributed by atoms with Gasteiger partial charge in [0.2, 0.25) is 0 Å². The maximum atomic E-state index is 11.0. The van der Waals surface area contributed by atoms with E-state index in [2.05, 4.69) is 5.10 Å². The number of hydrogen-bond acceptors (Lipinski definition) is 4. The van der Waals surface area contributed by atoms with Gasteiger partial charge >= 0.3 is 0 Å². The van der Waals surface area contributed by atoms with Gasteiger partial charge in [0.15, 0.2) is 0 Å². The fourth-order valence-electron chi connectivity index (χ4n) is 2.38. The van der Waals surface area contributed by atoms with E-state index in [0.29, 0.717) is 18.7 Å². The van der Waals surface area contributed by atoms with E-state index in [0.717, 1.165) is 22.5 Å². The van der Waals surface area contributed by atoms with Gasteiger partial charge in [-0.05, 0) is 26.3 Å². The van der Waals surface area contributed by atoms with Gasteiger partial charge in [-0.25, -0.2) is 0 Å². The van der Waals surface area contributed by atoms with Crippen LogP contribution in [-0.2, 0) is 13.1 Å². The van der Waals surface area contributed by atoms with E-state index in [1.54, 1.807) is 13.0 Å². The highest BCUT2D eigenvalue weighted by atomic mass is 16.6. The molecule has 2 rings (SSSR count). The number of nitrogens with two attached hydrogens (primary N) is 1.